The molecule has 0 amide bonds. The summed E-state index contributed by atoms with van der Waals surface area (Å²) < 4.78 is 0. The van der Waals surface area contributed by atoms with Gasteiger partial charge in [0.05, 0.1) is 0 Å². The van der Waals surface area contributed by atoms with Crippen LogP contribution in [-0.4, -0.2) is 0 Å². The number of allylic oxidation sites excluding steroid dienone is 4. The van der Waals surface area contributed by atoms with Gasteiger partial charge in [-0.05, 0) is 32.6 Å². The first kappa shape index (κ1) is 11.5. The molecule has 0 aromatic rings. The molecule has 0 aromatic heterocycles. The fourth-order valence-electron chi connectivity index (χ4n) is 0.920. The lowest BCUT2D eigenvalue weighted by molar-refractivity contribution is 0.694. The zero-order valence-corrected chi connectivity index (χ0v) is 8.93. The molecule has 1 atom stereocenters. The Hall–Kier alpha value is -0.520. The van der Waals surface area contributed by atoms with Crippen molar-refractivity contribution in [2.24, 2.45) is 5.92 Å². The molecule has 70 valence electrons. The van der Waals surface area contributed by atoms with Crippen LogP contribution in [0.5, 0.6) is 0 Å². The van der Waals surface area contributed by atoms with Gasteiger partial charge in [0.15, 0.2) is 0 Å². The maximum atomic E-state index is 2.32. The summed E-state index contributed by atoms with van der Waals surface area (Å²) in [7, 11) is 0. The van der Waals surface area contributed by atoms with Gasteiger partial charge in [0.1, 0.15) is 0 Å². The van der Waals surface area contributed by atoms with Crippen LogP contribution in [0.2, 0.25) is 0 Å². The molecule has 0 N–H and O–H groups in total. The quantitative estimate of drug-likeness (QED) is 0.533. The molecule has 0 rings (SSSR count). The SMILES string of the molecule is CC=C(C)CCC=CC(C)CC. The Morgan fingerprint density at radius 1 is 1.42 bits per heavy atom. The van der Waals surface area contributed by atoms with Crippen molar-refractivity contribution in [3.05, 3.63) is 23.8 Å². The van der Waals surface area contributed by atoms with Crippen molar-refractivity contribution in [1.82, 2.24) is 0 Å². The molecular weight excluding hydrogens is 144 g/mol. The molecule has 0 radical (unpaired) electrons. The highest BCUT2D eigenvalue weighted by Crippen LogP contribution is 2.07. The normalized spacial score (nSPS) is 15.5. The van der Waals surface area contributed by atoms with Gasteiger partial charge in [-0.25, -0.2) is 0 Å². The Morgan fingerprint density at radius 3 is 2.58 bits per heavy atom. The van der Waals surface area contributed by atoms with E-state index >= 15 is 0 Å². The van der Waals surface area contributed by atoms with E-state index in [0.29, 0.717) is 0 Å². The summed E-state index contributed by atoms with van der Waals surface area (Å²) >= 11 is 0. The van der Waals surface area contributed by atoms with E-state index in [1.54, 1.807) is 0 Å². The van der Waals surface area contributed by atoms with Gasteiger partial charge in [-0.1, -0.05) is 44.1 Å². The highest BCUT2D eigenvalue weighted by atomic mass is 14.0. The Bertz CT molecular complexity index is 151. The van der Waals surface area contributed by atoms with E-state index in [1.165, 1.54) is 24.8 Å². The van der Waals surface area contributed by atoms with E-state index in [2.05, 4.69) is 45.9 Å². The summed E-state index contributed by atoms with van der Waals surface area (Å²) in [5, 5.41) is 0. The van der Waals surface area contributed by atoms with Crippen LogP contribution < -0.4 is 0 Å². The molecule has 0 aliphatic carbocycles. The molecule has 0 bridgehead atoms. The fourth-order valence-corrected chi connectivity index (χ4v) is 0.920. The first-order valence-corrected chi connectivity index (χ1v) is 4.99. The molecule has 0 nitrogen and oxygen atoms in total. The Labute approximate surface area is 77.4 Å². The first-order chi connectivity index (χ1) is 5.70. The summed E-state index contributed by atoms with van der Waals surface area (Å²) in [4.78, 5) is 0. The second-order valence-corrected chi connectivity index (χ2v) is 3.49. The van der Waals surface area contributed by atoms with E-state index < -0.39 is 0 Å². The van der Waals surface area contributed by atoms with Crippen LogP contribution in [0.4, 0.5) is 0 Å². The third-order valence-electron chi connectivity index (χ3n) is 2.31. The van der Waals surface area contributed by atoms with E-state index in [4.69, 9.17) is 0 Å². The lowest BCUT2D eigenvalue weighted by atomic mass is 10.1. The van der Waals surface area contributed by atoms with Crippen molar-refractivity contribution in [3.8, 4) is 0 Å². The summed E-state index contributed by atoms with van der Waals surface area (Å²) in [6, 6.07) is 0. The van der Waals surface area contributed by atoms with Crippen LogP contribution in [0.25, 0.3) is 0 Å². The summed E-state index contributed by atoms with van der Waals surface area (Å²) in [6.45, 7) is 8.79. The smallest absolute Gasteiger partial charge is 0.0265 e. The summed E-state index contributed by atoms with van der Waals surface area (Å²) in [5.74, 6) is 0.746. The van der Waals surface area contributed by atoms with Gasteiger partial charge in [0.25, 0.3) is 0 Å². The zero-order chi connectivity index (χ0) is 9.40. The topological polar surface area (TPSA) is 0 Å². The van der Waals surface area contributed by atoms with Gasteiger partial charge in [-0.15, -0.1) is 0 Å². The molecule has 0 saturated carbocycles. The fraction of sp³-hybridized carbons (Fsp3) is 0.667. The summed E-state index contributed by atoms with van der Waals surface area (Å²) in [5.41, 5.74) is 1.49. The van der Waals surface area contributed by atoms with Gasteiger partial charge >= 0.3 is 0 Å². The van der Waals surface area contributed by atoms with Crippen molar-refractivity contribution in [2.75, 3.05) is 0 Å². The Morgan fingerprint density at radius 2 is 2.08 bits per heavy atom. The largest absolute Gasteiger partial charge is 0.0887 e. The Balaban J connectivity index is 3.49. The average Bonchev–Trinajstić information content (AvgIpc) is 2.11. The third kappa shape index (κ3) is 6.21. The molecule has 1 unspecified atom stereocenters. The van der Waals surface area contributed by atoms with E-state index in [1.807, 2.05) is 0 Å². The molecular formula is C12H22. The van der Waals surface area contributed by atoms with Crippen molar-refractivity contribution in [2.45, 2.75) is 47.0 Å². The predicted octanol–water partition coefficient (Wildman–Crippen LogP) is 4.34. The molecule has 0 heterocycles. The summed E-state index contributed by atoms with van der Waals surface area (Å²) in [6.07, 6.45) is 10.5. The lowest BCUT2D eigenvalue weighted by Crippen LogP contribution is -1.84. The van der Waals surface area contributed by atoms with E-state index in [-0.39, 0.29) is 0 Å². The minimum absolute atomic E-state index is 0.746. The number of hydrogen-bond donors (Lipinski definition) is 0. The highest BCUT2D eigenvalue weighted by molar-refractivity contribution is 4.98. The molecule has 12 heavy (non-hydrogen) atoms. The van der Waals surface area contributed by atoms with Crippen molar-refractivity contribution in [1.29, 1.82) is 0 Å². The molecule has 0 aromatic carbocycles. The van der Waals surface area contributed by atoms with Gasteiger partial charge in [0.2, 0.25) is 0 Å². The molecule has 0 aliphatic rings. The monoisotopic (exact) mass is 166 g/mol. The van der Waals surface area contributed by atoms with Gasteiger partial charge < -0.3 is 0 Å². The third-order valence-corrected chi connectivity index (χ3v) is 2.31. The van der Waals surface area contributed by atoms with Crippen LogP contribution in [0, 0.1) is 5.92 Å². The second-order valence-electron chi connectivity index (χ2n) is 3.49. The maximum Gasteiger partial charge on any atom is -0.0265 e. The average molecular weight is 166 g/mol. The van der Waals surface area contributed by atoms with Crippen molar-refractivity contribution < 1.29 is 0 Å². The minimum Gasteiger partial charge on any atom is -0.0887 e. The number of rotatable bonds is 5. The van der Waals surface area contributed by atoms with Crippen LogP contribution in [0.1, 0.15) is 47.0 Å². The van der Waals surface area contributed by atoms with Gasteiger partial charge in [-0.3, -0.25) is 0 Å². The second kappa shape index (κ2) is 7.15. The van der Waals surface area contributed by atoms with Crippen LogP contribution in [0.3, 0.4) is 0 Å². The van der Waals surface area contributed by atoms with Gasteiger partial charge in [-0.2, -0.15) is 0 Å². The molecule has 0 aliphatic heterocycles. The number of hydrogen-bond acceptors (Lipinski definition) is 0. The van der Waals surface area contributed by atoms with Crippen LogP contribution >= 0.6 is 0 Å². The standard InChI is InChI=1S/C12H22/c1-5-11(3)9-7-8-10-12(4)6-2/h5,8,10,12H,6-7,9H2,1-4H3. The van der Waals surface area contributed by atoms with Crippen LogP contribution in [0.15, 0.2) is 23.8 Å². The van der Waals surface area contributed by atoms with E-state index in [0.717, 1.165) is 5.92 Å². The molecule has 0 spiro atoms. The van der Waals surface area contributed by atoms with Gasteiger partial charge in [0, 0.05) is 0 Å². The van der Waals surface area contributed by atoms with Crippen molar-refractivity contribution >= 4 is 0 Å². The zero-order valence-electron chi connectivity index (χ0n) is 8.93. The molecule has 0 saturated heterocycles. The van der Waals surface area contributed by atoms with E-state index in [9.17, 15) is 0 Å². The maximum absolute atomic E-state index is 2.32. The van der Waals surface area contributed by atoms with Crippen LogP contribution in [-0.2, 0) is 0 Å². The lowest BCUT2D eigenvalue weighted by Gasteiger charge is -1.99. The highest BCUT2D eigenvalue weighted by Gasteiger charge is 1.90. The Kier molecular flexibility index (Phi) is 6.84. The minimum atomic E-state index is 0.746. The molecule has 0 heteroatoms. The van der Waals surface area contributed by atoms with Crippen molar-refractivity contribution in [3.63, 3.8) is 0 Å². The predicted molar refractivity (Wildman–Crippen MR) is 57.3 cm³/mol. The first-order valence-electron chi connectivity index (χ1n) is 4.99. The molecule has 0 fully saturated rings.